The molecular formula is C25H45N3O4. The summed E-state index contributed by atoms with van der Waals surface area (Å²) < 4.78 is 0. The lowest BCUT2D eigenvalue weighted by Gasteiger charge is -2.41. The summed E-state index contributed by atoms with van der Waals surface area (Å²) in [6, 6.07) is -1.04. The van der Waals surface area contributed by atoms with Gasteiger partial charge in [0.1, 0.15) is 6.04 Å². The third-order valence-electron chi connectivity index (χ3n) is 6.33. The van der Waals surface area contributed by atoms with E-state index < -0.39 is 17.4 Å². The Morgan fingerprint density at radius 2 is 1.75 bits per heavy atom. The molecule has 0 radical (unpaired) electrons. The van der Waals surface area contributed by atoms with Crippen LogP contribution < -0.4 is 5.32 Å². The van der Waals surface area contributed by atoms with Crippen LogP contribution in [0.2, 0.25) is 0 Å². The van der Waals surface area contributed by atoms with Crippen molar-refractivity contribution in [3.8, 4) is 0 Å². The minimum Gasteiger partial charge on any atom is -0.478 e. The summed E-state index contributed by atoms with van der Waals surface area (Å²) in [5, 5.41) is 12.4. The summed E-state index contributed by atoms with van der Waals surface area (Å²) in [6.07, 6.45) is 4.53. The Morgan fingerprint density at radius 1 is 1.16 bits per heavy atom. The van der Waals surface area contributed by atoms with Crippen molar-refractivity contribution in [2.45, 2.75) is 106 Å². The highest BCUT2D eigenvalue weighted by molar-refractivity contribution is 5.91. The molecule has 1 saturated heterocycles. The molecular weight excluding hydrogens is 406 g/mol. The molecule has 0 aromatic rings. The van der Waals surface area contributed by atoms with E-state index in [4.69, 9.17) is 0 Å². The molecule has 184 valence electrons. The normalized spacial score (nSPS) is 20.2. The van der Waals surface area contributed by atoms with Gasteiger partial charge in [-0.1, -0.05) is 47.1 Å². The number of likely N-dealkylation sites (N-methyl/N-ethyl adjacent to an activating group) is 1. The number of amides is 2. The molecule has 32 heavy (non-hydrogen) atoms. The predicted molar refractivity (Wildman–Crippen MR) is 128 cm³/mol. The lowest BCUT2D eigenvalue weighted by molar-refractivity contribution is -0.143. The Kier molecular flexibility index (Phi) is 10.4. The number of carboxylic acids is 1. The first-order valence-electron chi connectivity index (χ1n) is 12.0. The Labute approximate surface area is 194 Å². The zero-order chi connectivity index (χ0) is 24.8. The van der Waals surface area contributed by atoms with Gasteiger partial charge in [-0.3, -0.25) is 14.5 Å². The van der Waals surface area contributed by atoms with Crippen LogP contribution in [0.1, 0.15) is 81.6 Å². The fourth-order valence-electron chi connectivity index (χ4n) is 4.39. The predicted octanol–water partition coefficient (Wildman–Crippen LogP) is 3.68. The summed E-state index contributed by atoms with van der Waals surface area (Å²) in [5.74, 6) is -1.24. The van der Waals surface area contributed by atoms with Gasteiger partial charge in [0.15, 0.2) is 0 Å². The molecule has 0 bridgehead atoms. The maximum Gasteiger partial charge on any atom is 0.331 e. The molecule has 2 N–H and O–H groups in total. The average molecular weight is 452 g/mol. The number of rotatable bonds is 9. The number of nitrogens with one attached hydrogen (secondary N) is 1. The van der Waals surface area contributed by atoms with Crippen LogP contribution in [-0.2, 0) is 14.4 Å². The molecule has 1 heterocycles. The first-order chi connectivity index (χ1) is 14.7. The van der Waals surface area contributed by atoms with Gasteiger partial charge < -0.3 is 15.3 Å². The Bertz CT molecular complexity index is 694. The highest BCUT2D eigenvalue weighted by Crippen LogP contribution is 2.26. The van der Waals surface area contributed by atoms with Crippen molar-refractivity contribution < 1.29 is 19.5 Å². The van der Waals surface area contributed by atoms with Crippen molar-refractivity contribution in [1.82, 2.24) is 15.1 Å². The van der Waals surface area contributed by atoms with E-state index in [2.05, 4.69) is 24.1 Å². The van der Waals surface area contributed by atoms with Crippen LogP contribution in [0.4, 0.5) is 0 Å². The van der Waals surface area contributed by atoms with Crippen molar-refractivity contribution in [2.24, 2.45) is 11.3 Å². The summed E-state index contributed by atoms with van der Waals surface area (Å²) in [4.78, 5) is 42.4. The van der Waals surface area contributed by atoms with E-state index in [1.807, 2.05) is 41.5 Å². The zero-order valence-electron chi connectivity index (χ0n) is 21.6. The van der Waals surface area contributed by atoms with Crippen molar-refractivity contribution in [2.75, 3.05) is 13.1 Å². The molecule has 1 aliphatic heterocycles. The molecule has 0 aromatic carbocycles. The molecule has 7 heteroatoms. The molecule has 0 aromatic heterocycles. The summed E-state index contributed by atoms with van der Waals surface area (Å²) >= 11 is 0. The van der Waals surface area contributed by atoms with Crippen molar-refractivity contribution >= 4 is 17.8 Å². The molecule has 1 rings (SSSR count). The Hall–Kier alpha value is -1.89. The molecule has 2 amide bonds. The molecule has 0 saturated carbocycles. The van der Waals surface area contributed by atoms with Crippen LogP contribution in [0, 0.1) is 11.3 Å². The van der Waals surface area contributed by atoms with Crippen molar-refractivity contribution in [1.29, 1.82) is 0 Å². The third-order valence-corrected chi connectivity index (χ3v) is 6.33. The monoisotopic (exact) mass is 451 g/mol. The highest BCUT2D eigenvalue weighted by atomic mass is 16.4. The fourth-order valence-corrected chi connectivity index (χ4v) is 4.39. The van der Waals surface area contributed by atoms with Gasteiger partial charge in [0.2, 0.25) is 11.8 Å². The van der Waals surface area contributed by atoms with Crippen LogP contribution in [0.3, 0.4) is 0 Å². The Balaban J connectivity index is 3.24. The van der Waals surface area contributed by atoms with E-state index in [0.717, 1.165) is 25.8 Å². The van der Waals surface area contributed by atoms with Gasteiger partial charge in [-0.25, -0.2) is 4.79 Å². The lowest BCUT2D eigenvalue weighted by atomic mass is 9.84. The molecule has 1 unspecified atom stereocenters. The zero-order valence-corrected chi connectivity index (χ0v) is 21.6. The largest absolute Gasteiger partial charge is 0.478 e. The van der Waals surface area contributed by atoms with Crippen LogP contribution in [0.25, 0.3) is 0 Å². The summed E-state index contributed by atoms with van der Waals surface area (Å²) in [7, 11) is 0. The van der Waals surface area contributed by atoms with Crippen LogP contribution >= 0.6 is 0 Å². The number of piperidine rings is 1. The second-order valence-corrected chi connectivity index (χ2v) is 10.7. The minimum atomic E-state index is -0.995. The number of hydrogen-bond acceptors (Lipinski definition) is 4. The van der Waals surface area contributed by atoms with Crippen molar-refractivity contribution in [3.05, 3.63) is 11.6 Å². The standard InChI is InChI=1S/C25H45N3O4/c1-10-27(20(16(2)3)15-18(6)24(31)32)23(30)21(25(7,8)9)26-22(29)19-13-11-12-14-28(19)17(4)5/h15-17,19-21H,10-14H2,1-9H3,(H,26,29)(H,31,32)/b18-15+/t19-,20-,21?/m1/s1. The molecule has 7 nitrogen and oxygen atoms in total. The summed E-state index contributed by atoms with van der Waals surface area (Å²) in [5.41, 5.74) is -0.286. The van der Waals surface area contributed by atoms with Gasteiger partial charge in [0, 0.05) is 18.2 Å². The Morgan fingerprint density at radius 3 is 2.19 bits per heavy atom. The average Bonchev–Trinajstić information content (AvgIpc) is 2.69. The van der Waals surface area contributed by atoms with E-state index in [1.54, 1.807) is 17.9 Å². The third kappa shape index (κ3) is 7.32. The maximum atomic E-state index is 13.8. The maximum absolute atomic E-state index is 13.8. The molecule has 3 atom stereocenters. The molecule has 0 spiro atoms. The number of hydrogen-bond donors (Lipinski definition) is 2. The fraction of sp³-hybridized carbons (Fsp3) is 0.800. The second kappa shape index (κ2) is 11.8. The highest BCUT2D eigenvalue weighted by Gasteiger charge is 2.40. The number of carbonyl (C=O) groups is 3. The summed E-state index contributed by atoms with van der Waals surface area (Å²) in [6.45, 7) is 18.7. The van der Waals surface area contributed by atoms with Crippen LogP contribution in [-0.4, -0.2) is 69.9 Å². The van der Waals surface area contributed by atoms with Gasteiger partial charge in [0.25, 0.3) is 0 Å². The van der Waals surface area contributed by atoms with Gasteiger partial charge in [-0.2, -0.15) is 0 Å². The van der Waals surface area contributed by atoms with E-state index in [1.165, 1.54) is 0 Å². The number of carbonyl (C=O) groups excluding carboxylic acids is 2. The topological polar surface area (TPSA) is 90.0 Å². The molecule has 0 aliphatic carbocycles. The molecule has 1 aliphatic rings. The van der Waals surface area contributed by atoms with Gasteiger partial charge in [0.05, 0.1) is 12.1 Å². The number of nitrogens with zero attached hydrogens (tertiary/aromatic N) is 2. The van der Waals surface area contributed by atoms with Gasteiger partial charge in [-0.15, -0.1) is 0 Å². The first kappa shape index (κ1) is 28.1. The number of carboxylic acid groups (broad SMARTS) is 1. The molecule has 1 fully saturated rings. The van der Waals surface area contributed by atoms with E-state index >= 15 is 0 Å². The second-order valence-electron chi connectivity index (χ2n) is 10.7. The van der Waals surface area contributed by atoms with Gasteiger partial charge in [-0.05, 0) is 58.4 Å². The van der Waals surface area contributed by atoms with Gasteiger partial charge >= 0.3 is 5.97 Å². The van der Waals surface area contributed by atoms with E-state index in [-0.39, 0.29) is 41.4 Å². The number of likely N-dealkylation sites (tertiary alicyclic amines) is 1. The smallest absolute Gasteiger partial charge is 0.331 e. The quantitative estimate of drug-likeness (QED) is 0.522. The van der Waals surface area contributed by atoms with Crippen LogP contribution in [0.15, 0.2) is 11.6 Å². The van der Waals surface area contributed by atoms with E-state index in [0.29, 0.717) is 6.54 Å². The lowest BCUT2D eigenvalue weighted by Crippen LogP contribution is -2.61. The minimum absolute atomic E-state index is 0.0271. The SMILES string of the molecule is CCN(C(=O)C(NC(=O)[C@H]1CCCCN1C(C)C)C(C)(C)C)[C@H](/C=C(\C)C(=O)O)C(C)C. The van der Waals surface area contributed by atoms with Crippen molar-refractivity contribution in [3.63, 3.8) is 0 Å². The van der Waals surface area contributed by atoms with E-state index in [9.17, 15) is 19.5 Å². The first-order valence-corrected chi connectivity index (χ1v) is 12.0. The van der Waals surface area contributed by atoms with Crippen LogP contribution in [0.5, 0.6) is 0 Å². The number of aliphatic carboxylic acids is 1.